The van der Waals surface area contributed by atoms with Crippen molar-refractivity contribution in [1.82, 2.24) is 19.9 Å². The minimum Gasteiger partial charge on any atom is -0.264 e. The average Bonchev–Trinajstić information content (AvgIpc) is 3.24. The second-order valence-corrected chi connectivity index (χ2v) is 12.7. The monoisotopic (exact) mass is 664 g/mol. The Kier molecular flexibility index (Phi) is 8.16. The summed E-state index contributed by atoms with van der Waals surface area (Å²) in [6.45, 7) is 0. The Morgan fingerprint density at radius 1 is 0.288 bits per heavy atom. The van der Waals surface area contributed by atoms with Crippen molar-refractivity contribution in [3.63, 3.8) is 0 Å². The Morgan fingerprint density at radius 2 is 0.827 bits per heavy atom. The molecule has 0 N–H and O–H groups in total. The van der Waals surface area contributed by atoms with E-state index in [4.69, 9.17) is 15.0 Å². The van der Waals surface area contributed by atoms with Crippen molar-refractivity contribution < 1.29 is 0 Å². The summed E-state index contributed by atoms with van der Waals surface area (Å²) in [5.74, 6) is 1.79. The predicted octanol–water partition coefficient (Wildman–Crippen LogP) is 12.1. The summed E-state index contributed by atoms with van der Waals surface area (Å²) in [7, 11) is 0. The Morgan fingerprint density at radius 3 is 1.54 bits per heavy atom. The van der Waals surface area contributed by atoms with Crippen LogP contribution in [0, 0.1) is 0 Å². The van der Waals surface area contributed by atoms with Gasteiger partial charge in [0.05, 0.1) is 0 Å². The van der Waals surface area contributed by atoms with Gasteiger partial charge < -0.3 is 0 Å². The van der Waals surface area contributed by atoms with E-state index in [2.05, 4.69) is 145 Å². The van der Waals surface area contributed by atoms with E-state index in [0.29, 0.717) is 17.5 Å². The highest BCUT2D eigenvalue weighted by atomic mass is 15.0. The van der Waals surface area contributed by atoms with E-state index in [1.807, 2.05) is 42.5 Å². The SMILES string of the molecule is c1ccc(-c2ccc(-c3ccc(-c4nc(-c5ccccc5)nc(-c5cccnc5)n4)cc3-c3cccc4ccccc34)c(-c3ccccc3)c2)cc1. The molecular formula is C48H32N4. The summed E-state index contributed by atoms with van der Waals surface area (Å²) >= 11 is 0. The van der Waals surface area contributed by atoms with Crippen LogP contribution in [0.1, 0.15) is 0 Å². The zero-order valence-electron chi connectivity index (χ0n) is 28.3. The smallest absolute Gasteiger partial charge is 0.165 e. The molecule has 4 nitrogen and oxygen atoms in total. The lowest BCUT2D eigenvalue weighted by atomic mass is 9.85. The van der Waals surface area contributed by atoms with E-state index in [0.717, 1.165) is 44.5 Å². The lowest BCUT2D eigenvalue weighted by Gasteiger charge is -2.19. The number of fused-ring (bicyclic) bond motifs is 1. The second-order valence-electron chi connectivity index (χ2n) is 12.7. The minimum absolute atomic E-state index is 0.579. The van der Waals surface area contributed by atoms with Gasteiger partial charge in [0.15, 0.2) is 17.5 Å². The van der Waals surface area contributed by atoms with Crippen LogP contribution in [0.15, 0.2) is 194 Å². The number of aromatic nitrogens is 4. The first kappa shape index (κ1) is 31.0. The molecule has 0 saturated carbocycles. The number of rotatable bonds is 7. The molecule has 0 spiro atoms. The summed E-state index contributed by atoms with van der Waals surface area (Å²) in [6, 6.07) is 63.7. The van der Waals surface area contributed by atoms with Gasteiger partial charge in [0.1, 0.15) is 0 Å². The Labute approximate surface area is 302 Å². The fraction of sp³-hybridized carbons (Fsp3) is 0. The highest BCUT2D eigenvalue weighted by molar-refractivity contribution is 6.03. The van der Waals surface area contributed by atoms with E-state index in [9.17, 15) is 0 Å². The highest BCUT2D eigenvalue weighted by Gasteiger charge is 2.19. The third-order valence-corrected chi connectivity index (χ3v) is 9.45. The molecule has 0 unspecified atom stereocenters. The zero-order chi connectivity index (χ0) is 34.7. The van der Waals surface area contributed by atoms with Crippen LogP contribution in [0.3, 0.4) is 0 Å². The molecule has 4 heteroatoms. The molecule has 0 aliphatic rings. The van der Waals surface area contributed by atoms with E-state index < -0.39 is 0 Å². The molecule has 244 valence electrons. The number of hydrogen-bond donors (Lipinski definition) is 0. The third kappa shape index (κ3) is 6.03. The van der Waals surface area contributed by atoms with Crippen LogP contribution in [0.5, 0.6) is 0 Å². The van der Waals surface area contributed by atoms with E-state index in [-0.39, 0.29) is 0 Å². The van der Waals surface area contributed by atoms with Crippen LogP contribution in [-0.4, -0.2) is 19.9 Å². The standard InChI is InChI=1S/C48H32N4/c1-4-14-33(15-5-1)37-25-27-42(44(30-37)35-16-6-2-7-17-35)43-28-26-38(31-45(43)41-24-12-21-34-18-10-11-23-40(34)41)47-50-46(36-19-8-3-9-20-36)51-48(52-47)39-22-13-29-49-32-39/h1-32H. The van der Waals surface area contributed by atoms with E-state index in [1.54, 1.807) is 12.4 Å². The molecule has 7 aromatic carbocycles. The first-order chi connectivity index (χ1) is 25.8. The fourth-order valence-corrected chi connectivity index (χ4v) is 6.89. The Hall–Kier alpha value is -7.04. The number of hydrogen-bond acceptors (Lipinski definition) is 4. The van der Waals surface area contributed by atoms with Gasteiger partial charge in [-0.25, -0.2) is 15.0 Å². The Bertz CT molecular complexity index is 2590. The van der Waals surface area contributed by atoms with E-state index >= 15 is 0 Å². The maximum atomic E-state index is 5.07. The molecule has 9 aromatic rings. The summed E-state index contributed by atoms with van der Waals surface area (Å²) in [5.41, 5.74) is 11.9. The van der Waals surface area contributed by atoms with Gasteiger partial charge in [-0.15, -0.1) is 0 Å². The summed E-state index contributed by atoms with van der Waals surface area (Å²) in [5, 5.41) is 2.37. The van der Waals surface area contributed by atoms with Crippen LogP contribution in [-0.2, 0) is 0 Å². The normalized spacial score (nSPS) is 11.1. The zero-order valence-corrected chi connectivity index (χ0v) is 28.3. The quantitative estimate of drug-likeness (QED) is 0.170. The largest absolute Gasteiger partial charge is 0.264 e. The van der Waals surface area contributed by atoms with Crippen molar-refractivity contribution >= 4 is 10.8 Å². The summed E-state index contributed by atoms with van der Waals surface area (Å²) in [4.78, 5) is 19.4. The third-order valence-electron chi connectivity index (χ3n) is 9.45. The van der Waals surface area contributed by atoms with Crippen LogP contribution in [0.25, 0.3) is 89.4 Å². The van der Waals surface area contributed by atoms with Crippen molar-refractivity contribution in [3.8, 4) is 78.7 Å². The topological polar surface area (TPSA) is 51.6 Å². The lowest BCUT2D eigenvalue weighted by Crippen LogP contribution is -2.01. The van der Waals surface area contributed by atoms with Crippen molar-refractivity contribution in [2.75, 3.05) is 0 Å². The van der Waals surface area contributed by atoms with Crippen LogP contribution in [0.4, 0.5) is 0 Å². The number of benzene rings is 7. The molecule has 0 aliphatic carbocycles. The molecule has 0 saturated heterocycles. The second kappa shape index (κ2) is 13.7. The van der Waals surface area contributed by atoms with Gasteiger partial charge in [0.2, 0.25) is 0 Å². The van der Waals surface area contributed by atoms with Gasteiger partial charge in [-0.3, -0.25) is 4.98 Å². The summed E-state index contributed by atoms with van der Waals surface area (Å²) < 4.78 is 0. The van der Waals surface area contributed by atoms with Gasteiger partial charge in [0.25, 0.3) is 0 Å². The van der Waals surface area contributed by atoms with Gasteiger partial charge in [-0.05, 0) is 79.5 Å². The van der Waals surface area contributed by atoms with Crippen molar-refractivity contribution in [1.29, 1.82) is 0 Å². The van der Waals surface area contributed by atoms with Crippen molar-refractivity contribution in [2.24, 2.45) is 0 Å². The van der Waals surface area contributed by atoms with Gasteiger partial charge in [-0.1, -0.05) is 158 Å². The molecule has 0 bridgehead atoms. The van der Waals surface area contributed by atoms with Gasteiger partial charge >= 0.3 is 0 Å². The maximum absolute atomic E-state index is 5.07. The molecule has 0 radical (unpaired) electrons. The Balaban J connectivity index is 1.30. The first-order valence-corrected chi connectivity index (χ1v) is 17.4. The summed E-state index contributed by atoms with van der Waals surface area (Å²) in [6.07, 6.45) is 3.55. The molecule has 9 rings (SSSR count). The molecule has 0 aliphatic heterocycles. The van der Waals surface area contributed by atoms with Crippen molar-refractivity contribution in [3.05, 3.63) is 194 Å². The van der Waals surface area contributed by atoms with Crippen molar-refractivity contribution in [2.45, 2.75) is 0 Å². The van der Waals surface area contributed by atoms with Crippen LogP contribution < -0.4 is 0 Å². The molecule has 52 heavy (non-hydrogen) atoms. The molecular weight excluding hydrogens is 633 g/mol. The minimum atomic E-state index is 0.579. The number of nitrogens with zero attached hydrogens (tertiary/aromatic N) is 4. The molecule has 0 amide bonds. The predicted molar refractivity (Wildman–Crippen MR) is 213 cm³/mol. The fourth-order valence-electron chi connectivity index (χ4n) is 6.89. The molecule has 2 heterocycles. The van der Waals surface area contributed by atoms with E-state index in [1.165, 1.54) is 27.5 Å². The van der Waals surface area contributed by atoms with Crippen LogP contribution >= 0.6 is 0 Å². The van der Waals surface area contributed by atoms with Gasteiger partial charge in [0, 0.05) is 29.1 Å². The highest BCUT2D eigenvalue weighted by Crippen LogP contribution is 2.43. The van der Waals surface area contributed by atoms with Crippen LogP contribution in [0.2, 0.25) is 0 Å². The van der Waals surface area contributed by atoms with Gasteiger partial charge in [-0.2, -0.15) is 0 Å². The molecule has 2 aromatic heterocycles. The molecule has 0 atom stereocenters. The maximum Gasteiger partial charge on any atom is 0.165 e. The average molecular weight is 665 g/mol. The number of pyridine rings is 1. The lowest BCUT2D eigenvalue weighted by molar-refractivity contribution is 1.07. The first-order valence-electron chi connectivity index (χ1n) is 17.4. The molecule has 0 fully saturated rings.